The van der Waals surface area contributed by atoms with E-state index in [1.54, 1.807) is 30.1 Å². The number of amides is 1. The van der Waals surface area contributed by atoms with Crippen LogP contribution in [0.5, 0.6) is 5.75 Å². The Labute approximate surface area is 90.3 Å². The number of phenols is 1. The summed E-state index contributed by atoms with van der Waals surface area (Å²) >= 11 is 0. The van der Waals surface area contributed by atoms with E-state index >= 15 is 0 Å². The van der Waals surface area contributed by atoms with Crippen molar-refractivity contribution in [2.45, 2.75) is 26.3 Å². The highest BCUT2D eigenvalue weighted by Gasteiger charge is 2.15. The van der Waals surface area contributed by atoms with E-state index in [1.807, 2.05) is 13.8 Å². The van der Waals surface area contributed by atoms with Gasteiger partial charge in [0.05, 0.1) is 0 Å². The molecule has 0 aromatic heterocycles. The second-order valence-electron chi connectivity index (χ2n) is 3.72. The van der Waals surface area contributed by atoms with E-state index in [0.29, 0.717) is 5.56 Å². The van der Waals surface area contributed by atoms with E-state index in [-0.39, 0.29) is 17.7 Å². The third-order valence-corrected chi connectivity index (χ3v) is 2.67. The number of nitrogens with zero attached hydrogens (tertiary/aromatic N) is 1. The minimum atomic E-state index is -0.0553. The van der Waals surface area contributed by atoms with Gasteiger partial charge in [-0.3, -0.25) is 4.79 Å². The van der Waals surface area contributed by atoms with E-state index in [2.05, 4.69) is 0 Å². The van der Waals surface area contributed by atoms with Gasteiger partial charge in [-0.1, -0.05) is 13.0 Å². The molecule has 0 aliphatic carbocycles. The molecule has 0 saturated heterocycles. The minimum Gasteiger partial charge on any atom is -0.508 e. The SMILES string of the molecule is CCC(C)N(C)C(=O)c1cccc(O)c1. The van der Waals surface area contributed by atoms with Gasteiger partial charge >= 0.3 is 0 Å². The first-order valence-corrected chi connectivity index (χ1v) is 5.12. The van der Waals surface area contributed by atoms with Crippen molar-refractivity contribution in [3.63, 3.8) is 0 Å². The van der Waals surface area contributed by atoms with Crippen molar-refractivity contribution < 1.29 is 9.90 Å². The molecule has 1 amide bonds. The van der Waals surface area contributed by atoms with Crippen LogP contribution in [0.15, 0.2) is 24.3 Å². The molecule has 1 aromatic carbocycles. The molecule has 1 unspecified atom stereocenters. The number of hydrogen-bond donors (Lipinski definition) is 1. The van der Waals surface area contributed by atoms with Crippen LogP contribution in [-0.2, 0) is 0 Å². The number of carbonyl (C=O) groups excluding carboxylic acids is 1. The molecule has 3 heteroatoms. The highest BCUT2D eigenvalue weighted by atomic mass is 16.3. The second kappa shape index (κ2) is 4.82. The normalized spacial score (nSPS) is 12.2. The van der Waals surface area contributed by atoms with E-state index in [1.165, 1.54) is 6.07 Å². The lowest BCUT2D eigenvalue weighted by Gasteiger charge is -2.23. The molecule has 1 N–H and O–H groups in total. The lowest BCUT2D eigenvalue weighted by atomic mass is 10.1. The summed E-state index contributed by atoms with van der Waals surface area (Å²) < 4.78 is 0. The van der Waals surface area contributed by atoms with E-state index in [4.69, 9.17) is 0 Å². The largest absolute Gasteiger partial charge is 0.508 e. The second-order valence-corrected chi connectivity index (χ2v) is 3.72. The summed E-state index contributed by atoms with van der Waals surface area (Å²) in [5.74, 6) is 0.0682. The predicted octanol–water partition coefficient (Wildman–Crippen LogP) is 2.26. The van der Waals surface area contributed by atoms with Crippen LogP contribution in [0.3, 0.4) is 0 Å². The molecule has 1 atom stereocenters. The summed E-state index contributed by atoms with van der Waals surface area (Å²) in [5, 5.41) is 9.27. The average Bonchev–Trinajstić information content (AvgIpc) is 2.26. The number of aromatic hydroxyl groups is 1. The van der Waals surface area contributed by atoms with Gasteiger partial charge in [-0.25, -0.2) is 0 Å². The Balaban J connectivity index is 2.85. The Morgan fingerprint density at radius 1 is 1.53 bits per heavy atom. The van der Waals surface area contributed by atoms with Crippen molar-refractivity contribution in [3.8, 4) is 5.75 Å². The van der Waals surface area contributed by atoms with Crippen molar-refractivity contribution in [2.75, 3.05) is 7.05 Å². The van der Waals surface area contributed by atoms with Gasteiger partial charge in [0.1, 0.15) is 5.75 Å². The molecule has 0 radical (unpaired) electrons. The van der Waals surface area contributed by atoms with E-state index < -0.39 is 0 Å². The zero-order valence-corrected chi connectivity index (χ0v) is 9.40. The molecule has 1 aromatic rings. The predicted molar refractivity (Wildman–Crippen MR) is 60.0 cm³/mol. The summed E-state index contributed by atoms with van der Waals surface area (Å²) in [6.07, 6.45) is 0.918. The number of carbonyl (C=O) groups is 1. The van der Waals surface area contributed by atoms with Crippen LogP contribution in [0.4, 0.5) is 0 Å². The molecule has 0 fully saturated rings. The summed E-state index contributed by atoms with van der Waals surface area (Å²) in [5.41, 5.74) is 0.526. The summed E-state index contributed by atoms with van der Waals surface area (Å²) in [4.78, 5) is 13.6. The van der Waals surface area contributed by atoms with Crippen molar-refractivity contribution in [1.82, 2.24) is 4.90 Å². The van der Waals surface area contributed by atoms with Gasteiger partial charge in [0.15, 0.2) is 0 Å². The first-order chi connectivity index (χ1) is 7.06. The molecule has 0 aliphatic heterocycles. The Morgan fingerprint density at radius 2 is 2.20 bits per heavy atom. The molecule has 15 heavy (non-hydrogen) atoms. The van der Waals surface area contributed by atoms with Crippen LogP contribution in [0.25, 0.3) is 0 Å². The van der Waals surface area contributed by atoms with Gasteiger partial charge in [0, 0.05) is 18.7 Å². The Kier molecular flexibility index (Phi) is 3.72. The fourth-order valence-electron chi connectivity index (χ4n) is 1.32. The summed E-state index contributed by atoms with van der Waals surface area (Å²) in [6.45, 7) is 4.04. The molecule has 0 aliphatic rings. The van der Waals surface area contributed by atoms with Crippen LogP contribution in [0, 0.1) is 0 Å². The van der Waals surface area contributed by atoms with E-state index in [0.717, 1.165) is 6.42 Å². The molecule has 82 valence electrons. The standard InChI is InChI=1S/C12H17NO2/c1-4-9(2)13(3)12(15)10-6-5-7-11(14)8-10/h5-9,14H,4H2,1-3H3. The van der Waals surface area contributed by atoms with Crippen molar-refractivity contribution in [1.29, 1.82) is 0 Å². The fraction of sp³-hybridized carbons (Fsp3) is 0.417. The van der Waals surface area contributed by atoms with Crippen molar-refractivity contribution in [3.05, 3.63) is 29.8 Å². The zero-order chi connectivity index (χ0) is 11.4. The molecule has 0 saturated carbocycles. The van der Waals surface area contributed by atoms with Crippen LogP contribution in [0.2, 0.25) is 0 Å². The van der Waals surface area contributed by atoms with Gasteiger partial charge in [0.2, 0.25) is 0 Å². The van der Waals surface area contributed by atoms with Gasteiger partial charge < -0.3 is 10.0 Å². The molecular formula is C12H17NO2. The van der Waals surface area contributed by atoms with Crippen LogP contribution in [0.1, 0.15) is 30.6 Å². The van der Waals surface area contributed by atoms with E-state index in [9.17, 15) is 9.90 Å². The number of benzene rings is 1. The Morgan fingerprint density at radius 3 is 2.73 bits per heavy atom. The monoisotopic (exact) mass is 207 g/mol. The number of hydrogen-bond acceptors (Lipinski definition) is 2. The van der Waals surface area contributed by atoms with Crippen LogP contribution >= 0.6 is 0 Å². The summed E-state index contributed by atoms with van der Waals surface area (Å²) in [6, 6.07) is 6.63. The first kappa shape index (κ1) is 11.6. The van der Waals surface area contributed by atoms with Gasteiger partial charge in [-0.2, -0.15) is 0 Å². The quantitative estimate of drug-likeness (QED) is 0.826. The van der Waals surface area contributed by atoms with Crippen molar-refractivity contribution >= 4 is 5.91 Å². The maximum absolute atomic E-state index is 11.9. The number of rotatable bonds is 3. The molecule has 0 heterocycles. The first-order valence-electron chi connectivity index (χ1n) is 5.12. The lowest BCUT2D eigenvalue weighted by molar-refractivity contribution is 0.0740. The summed E-state index contributed by atoms with van der Waals surface area (Å²) in [7, 11) is 1.78. The van der Waals surface area contributed by atoms with Crippen molar-refractivity contribution in [2.24, 2.45) is 0 Å². The maximum Gasteiger partial charge on any atom is 0.253 e. The minimum absolute atomic E-state index is 0.0553. The van der Waals surface area contributed by atoms with Crippen LogP contribution in [-0.4, -0.2) is 29.0 Å². The lowest BCUT2D eigenvalue weighted by Crippen LogP contribution is -2.34. The van der Waals surface area contributed by atoms with Gasteiger partial charge in [-0.15, -0.1) is 0 Å². The zero-order valence-electron chi connectivity index (χ0n) is 9.40. The fourth-order valence-corrected chi connectivity index (χ4v) is 1.32. The Bertz CT molecular complexity index is 349. The highest BCUT2D eigenvalue weighted by Crippen LogP contribution is 2.14. The molecule has 0 bridgehead atoms. The van der Waals surface area contributed by atoms with Gasteiger partial charge in [0.25, 0.3) is 5.91 Å². The smallest absolute Gasteiger partial charge is 0.253 e. The maximum atomic E-state index is 11.9. The molecule has 1 rings (SSSR count). The molecule has 0 spiro atoms. The average molecular weight is 207 g/mol. The Hall–Kier alpha value is -1.51. The molecule has 3 nitrogen and oxygen atoms in total. The van der Waals surface area contributed by atoms with Crippen LogP contribution < -0.4 is 0 Å². The third-order valence-electron chi connectivity index (χ3n) is 2.67. The molecular weight excluding hydrogens is 190 g/mol. The third kappa shape index (κ3) is 2.72. The topological polar surface area (TPSA) is 40.5 Å². The highest BCUT2D eigenvalue weighted by molar-refractivity contribution is 5.94. The number of phenolic OH excluding ortho intramolecular Hbond substituents is 1. The van der Waals surface area contributed by atoms with Gasteiger partial charge in [-0.05, 0) is 31.5 Å².